The van der Waals surface area contributed by atoms with Crippen LogP contribution in [-0.2, 0) is 0 Å². The molecule has 0 aromatic carbocycles. The molecule has 0 unspecified atom stereocenters. The number of carbonyl (C=O) groups is 2. The quantitative estimate of drug-likeness (QED) is 0.581. The molecular formula is C6H9N3O3. The molecule has 0 heterocycles. The molecule has 0 rings (SSSR count). The number of hydrogen-bond acceptors (Lipinski definition) is 3. The van der Waals surface area contributed by atoms with Gasteiger partial charge in [0.1, 0.15) is 6.54 Å². The number of rotatable bonds is 2. The lowest BCUT2D eigenvalue weighted by Crippen LogP contribution is -2.43. The summed E-state index contributed by atoms with van der Waals surface area (Å²) in [6.07, 6.45) is -1.33. The van der Waals surface area contributed by atoms with Gasteiger partial charge in [-0.3, -0.25) is 0 Å². The van der Waals surface area contributed by atoms with Crippen molar-refractivity contribution in [3.05, 3.63) is 0 Å². The first-order valence-corrected chi connectivity index (χ1v) is 3.28. The summed E-state index contributed by atoms with van der Waals surface area (Å²) in [5, 5.41) is 18.6. The van der Waals surface area contributed by atoms with Crippen LogP contribution in [0.3, 0.4) is 0 Å². The van der Waals surface area contributed by atoms with Crippen molar-refractivity contribution in [1.29, 1.82) is 5.26 Å². The fraction of sp³-hybridized carbons (Fsp3) is 0.500. The maximum atomic E-state index is 10.9. The van der Waals surface area contributed by atoms with Crippen LogP contribution in [0.4, 0.5) is 9.59 Å². The molecule has 6 heteroatoms. The van der Waals surface area contributed by atoms with Gasteiger partial charge >= 0.3 is 12.1 Å². The van der Waals surface area contributed by atoms with E-state index >= 15 is 0 Å². The van der Waals surface area contributed by atoms with E-state index in [1.165, 1.54) is 6.92 Å². The smallest absolute Gasteiger partial charge is 0.415 e. The number of carbonyl (C=O) groups excluding carboxylic acids is 1. The van der Waals surface area contributed by atoms with Crippen molar-refractivity contribution < 1.29 is 14.7 Å². The van der Waals surface area contributed by atoms with E-state index in [0.717, 1.165) is 0 Å². The van der Waals surface area contributed by atoms with Gasteiger partial charge in [0.25, 0.3) is 0 Å². The zero-order valence-corrected chi connectivity index (χ0v) is 6.57. The van der Waals surface area contributed by atoms with Crippen LogP contribution in [0.2, 0.25) is 0 Å². The predicted octanol–water partition coefficient (Wildman–Crippen LogP) is 0.219. The van der Waals surface area contributed by atoms with Crippen molar-refractivity contribution in [2.75, 3.05) is 13.1 Å². The molecule has 0 bridgehead atoms. The Morgan fingerprint density at radius 1 is 1.67 bits per heavy atom. The Balaban J connectivity index is 4.05. The molecule has 0 aromatic rings. The third-order valence-electron chi connectivity index (χ3n) is 1.11. The largest absolute Gasteiger partial charge is 0.465 e. The van der Waals surface area contributed by atoms with Gasteiger partial charge in [0.05, 0.1) is 6.07 Å². The Hall–Kier alpha value is -1.77. The summed E-state index contributed by atoms with van der Waals surface area (Å²) >= 11 is 0. The molecule has 0 saturated carbocycles. The van der Waals surface area contributed by atoms with E-state index in [1.807, 2.05) is 0 Å². The summed E-state index contributed by atoms with van der Waals surface area (Å²) < 4.78 is 0. The lowest BCUT2D eigenvalue weighted by molar-refractivity contribution is 0.150. The van der Waals surface area contributed by atoms with Crippen LogP contribution < -0.4 is 5.32 Å². The van der Waals surface area contributed by atoms with Gasteiger partial charge in [0.15, 0.2) is 0 Å². The Morgan fingerprint density at radius 2 is 2.25 bits per heavy atom. The van der Waals surface area contributed by atoms with Gasteiger partial charge in [-0.1, -0.05) is 0 Å². The molecular weight excluding hydrogens is 162 g/mol. The number of nitriles is 1. The topological polar surface area (TPSA) is 93.4 Å². The maximum Gasteiger partial charge on any atom is 0.415 e. The van der Waals surface area contributed by atoms with Crippen molar-refractivity contribution in [2.45, 2.75) is 6.92 Å². The van der Waals surface area contributed by atoms with Crippen LogP contribution in [-0.4, -0.2) is 35.2 Å². The van der Waals surface area contributed by atoms with Crippen molar-refractivity contribution >= 4 is 12.1 Å². The van der Waals surface area contributed by atoms with E-state index in [0.29, 0.717) is 4.90 Å². The second-order valence-corrected chi connectivity index (χ2v) is 1.84. The summed E-state index contributed by atoms with van der Waals surface area (Å²) in [4.78, 5) is 21.8. The van der Waals surface area contributed by atoms with Crippen molar-refractivity contribution in [1.82, 2.24) is 10.2 Å². The zero-order valence-electron chi connectivity index (χ0n) is 6.57. The summed E-state index contributed by atoms with van der Waals surface area (Å²) in [6.45, 7) is 1.40. The first kappa shape index (κ1) is 10.2. The molecule has 66 valence electrons. The maximum absolute atomic E-state index is 10.9. The van der Waals surface area contributed by atoms with Gasteiger partial charge in [-0.2, -0.15) is 5.26 Å². The number of nitrogens with zero attached hydrogens (tertiary/aromatic N) is 2. The second-order valence-electron chi connectivity index (χ2n) is 1.84. The molecule has 0 aliphatic carbocycles. The third kappa shape index (κ3) is 2.88. The molecule has 0 radical (unpaired) electrons. The van der Waals surface area contributed by atoms with E-state index < -0.39 is 12.1 Å². The Kier molecular flexibility index (Phi) is 4.23. The lowest BCUT2D eigenvalue weighted by Gasteiger charge is -2.13. The highest BCUT2D eigenvalue weighted by atomic mass is 16.4. The van der Waals surface area contributed by atoms with Gasteiger partial charge in [-0.25, -0.2) is 14.5 Å². The number of imide groups is 1. The summed E-state index contributed by atoms with van der Waals surface area (Å²) in [7, 11) is 0. The van der Waals surface area contributed by atoms with E-state index in [1.54, 1.807) is 6.07 Å². The Labute approximate surface area is 69.4 Å². The van der Waals surface area contributed by atoms with E-state index in [4.69, 9.17) is 10.4 Å². The standard InChI is InChI=1S/C6H9N3O3/c1-2-9(6(11)12)5(10)8-4-3-7/h2,4H2,1H3,(H,8,10)(H,11,12). The highest BCUT2D eigenvalue weighted by molar-refractivity contribution is 5.89. The molecule has 6 nitrogen and oxygen atoms in total. The second kappa shape index (κ2) is 4.96. The lowest BCUT2D eigenvalue weighted by atomic mass is 10.6. The molecule has 0 aliphatic rings. The first-order valence-electron chi connectivity index (χ1n) is 3.28. The predicted molar refractivity (Wildman–Crippen MR) is 39.4 cm³/mol. The fourth-order valence-electron chi connectivity index (χ4n) is 0.576. The number of urea groups is 1. The van der Waals surface area contributed by atoms with Gasteiger partial charge in [-0.05, 0) is 6.92 Å². The molecule has 0 spiro atoms. The van der Waals surface area contributed by atoms with Crippen LogP contribution in [0.15, 0.2) is 0 Å². The average Bonchev–Trinajstić information content (AvgIpc) is 2.01. The van der Waals surface area contributed by atoms with Crippen molar-refractivity contribution in [3.8, 4) is 6.07 Å². The Bertz CT molecular complexity index is 221. The molecule has 0 fully saturated rings. The molecule has 12 heavy (non-hydrogen) atoms. The molecule has 0 aromatic heterocycles. The number of carboxylic acid groups (broad SMARTS) is 1. The summed E-state index contributed by atoms with van der Waals surface area (Å²) in [5.74, 6) is 0. The van der Waals surface area contributed by atoms with Gasteiger partial charge in [-0.15, -0.1) is 0 Å². The molecule has 3 amide bonds. The van der Waals surface area contributed by atoms with E-state index in [9.17, 15) is 9.59 Å². The molecule has 0 saturated heterocycles. The summed E-state index contributed by atoms with van der Waals surface area (Å²) in [6, 6.07) is 0.893. The molecule has 0 atom stereocenters. The SMILES string of the molecule is CCN(C(=O)O)C(=O)NCC#N. The summed E-state index contributed by atoms with van der Waals surface area (Å²) in [5.41, 5.74) is 0. The monoisotopic (exact) mass is 171 g/mol. The van der Waals surface area contributed by atoms with Crippen LogP contribution in [0.5, 0.6) is 0 Å². The van der Waals surface area contributed by atoms with Gasteiger partial charge in [0.2, 0.25) is 0 Å². The number of nitrogens with one attached hydrogen (secondary N) is 1. The first-order chi connectivity index (χ1) is 5.63. The van der Waals surface area contributed by atoms with Crippen molar-refractivity contribution in [2.24, 2.45) is 0 Å². The van der Waals surface area contributed by atoms with Gasteiger partial charge in [0, 0.05) is 6.54 Å². The zero-order chi connectivity index (χ0) is 9.56. The third-order valence-corrected chi connectivity index (χ3v) is 1.11. The van der Waals surface area contributed by atoms with Crippen LogP contribution >= 0.6 is 0 Å². The minimum absolute atomic E-state index is 0.0621. The fourth-order valence-corrected chi connectivity index (χ4v) is 0.576. The van der Waals surface area contributed by atoms with Crippen LogP contribution in [0, 0.1) is 11.3 Å². The molecule has 2 N–H and O–H groups in total. The van der Waals surface area contributed by atoms with Crippen molar-refractivity contribution in [3.63, 3.8) is 0 Å². The number of hydrogen-bond donors (Lipinski definition) is 2. The average molecular weight is 171 g/mol. The highest BCUT2D eigenvalue weighted by Gasteiger charge is 2.17. The van der Waals surface area contributed by atoms with E-state index in [-0.39, 0.29) is 13.1 Å². The number of amides is 3. The van der Waals surface area contributed by atoms with E-state index in [2.05, 4.69) is 5.32 Å². The molecule has 0 aliphatic heterocycles. The van der Waals surface area contributed by atoms with Crippen LogP contribution in [0.25, 0.3) is 0 Å². The minimum atomic E-state index is -1.33. The Morgan fingerprint density at radius 3 is 2.58 bits per heavy atom. The van der Waals surface area contributed by atoms with Crippen LogP contribution in [0.1, 0.15) is 6.92 Å². The normalized spacial score (nSPS) is 8.33. The highest BCUT2D eigenvalue weighted by Crippen LogP contribution is 1.88. The minimum Gasteiger partial charge on any atom is -0.465 e. The van der Waals surface area contributed by atoms with Gasteiger partial charge < -0.3 is 10.4 Å².